The first-order valence-electron chi connectivity index (χ1n) is 14.1. The summed E-state index contributed by atoms with van der Waals surface area (Å²) in [6.45, 7) is 2.17. The van der Waals surface area contributed by atoms with E-state index in [1.54, 1.807) is 23.1 Å². The topological polar surface area (TPSA) is 122 Å². The van der Waals surface area contributed by atoms with Crippen LogP contribution >= 0.6 is 0 Å². The van der Waals surface area contributed by atoms with Crippen LogP contribution in [0.5, 0.6) is 0 Å². The van der Waals surface area contributed by atoms with Gasteiger partial charge in [-0.15, -0.1) is 0 Å². The van der Waals surface area contributed by atoms with Gasteiger partial charge in [0.25, 0.3) is 11.8 Å². The smallest absolute Gasteiger partial charge is 0.289 e. The van der Waals surface area contributed by atoms with Crippen molar-refractivity contribution in [2.45, 2.75) is 25.7 Å². The molecule has 9 nitrogen and oxygen atoms in total. The van der Waals surface area contributed by atoms with Crippen LogP contribution in [0.2, 0.25) is 0 Å². The second-order valence-electron chi connectivity index (χ2n) is 10.7. The lowest BCUT2D eigenvalue weighted by molar-refractivity contribution is 0.0677. The van der Waals surface area contributed by atoms with E-state index in [4.69, 9.17) is 8.83 Å². The summed E-state index contributed by atoms with van der Waals surface area (Å²) >= 11 is 0. The van der Waals surface area contributed by atoms with Crippen molar-refractivity contribution in [3.8, 4) is 11.3 Å². The molecular weight excluding hydrogens is 592 g/mol. The van der Waals surface area contributed by atoms with Crippen LogP contribution in [0.4, 0.5) is 14.5 Å². The first kappa shape index (κ1) is 29.4. The second kappa shape index (κ2) is 11.4. The maximum absolute atomic E-state index is 14.2. The van der Waals surface area contributed by atoms with Crippen molar-refractivity contribution in [2.75, 3.05) is 30.6 Å². The van der Waals surface area contributed by atoms with Crippen LogP contribution in [0.3, 0.4) is 0 Å². The lowest BCUT2D eigenvalue weighted by Crippen LogP contribution is -2.39. The van der Waals surface area contributed by atoms with E-state index in [1.807, 2.05) is 0 Å². The molecule has 228 valence electrons. The number of benzene rings is 3. The molecule has 6 rings (SSSR count). The molecule has 2 N–H and O–H groups in total. The van der Waals surface area contributed by atoms with Crippen molar-refractivity contribution in [3.63, 3.8) is 0 Å². The number of fused-ring (bicyclic) bond motifs is 2. The zero-order valence-electron chi connectivity index (χ0n) is 23.9. The zero-order valence-corrected chi connectivity index (χ0v) is 24.8. The van der Waals surface area contributed by atoms with E-state index in [2.05, 4.69) is 10.0 Å². The fourth-order valence-electron chi connectivity index (χ4n) is 5.68. The minimum atomic E-state index is -3.72. The van der Waals surface area contributed by atoms with E-state index in [1.165, 1.54) is 56.4 Å². The van der Waals surface area contributed by atoms with E-state index in [0.29, 0.717) is 41.3 Å². The van der Waals surface area contributed by atoms with Crippen LogP contribution < -0.4 is 10.0 Å². The minimum Gasteiger partial charge on any atom is -0.455 e. The van der Waals surface area contributed by atoms with Crippen LogP contribution in [-0.4, -0.2) is 51.0 Å². The van der Waals surface area contributed by atoms with Gasteiger partial charge >= 0.3 is 0 Å². The van der Waals surface area contributed by atoms with Gasteiger partial charge in [-0.3, -0.25) is 14.3 Å². The van der Waals surface area contributed by atoms with Gasteiger partial charge in [-0.2, -0.15) is 0 Å². The van der Waals surface area contributed by atoms with Crippen LogP contribution in [-0.2, 0) is 10.0 Å². The number of sulfonamides is 1. The van der Waals surface area contributed by atoms with E-state index in [0.717, 1.165) is 0 Å². The van der Waals surface area contributed by atoms with Gasteiger partial charge in [0.15, 0.2) is 17.2 Å². The van der Waals surface area contributed by atoms with Gasteiger partial charge in [0.05, 0.1) is 17.0 Å². The number of para-hydroxylation sites is 1. The maximum Gasteiger partial charge on any atom is 0.289 e. The standard InChI is InChI=1S/C32H29F2N3O6S/c1-3-44(40,41)36-25-16-26-23(28(31(38)35-2)30(42-26)18-9-11-21(33)12-10-18)15-22(25)20-7-5-13-37(17-20)32(39)27-14-19-6-4-8-24(34)29(19)43-27/h4,6,8-12,14-16,20,36H,3,5,7,13,17H2,1-2H3,(H,35,38)/t20-/m0/s1. The van der Waals surface area contributed by atoms with Crippen molar-refractivity contribution < 1.29 is 35.6 Å². The van der Waals surface area contributed by atoms with Gasteiger partial charge in [-0.25, -0.2) is 17.2 Å². The Hall–Kier alpha value is -4.71. The molecule has 1 aliphatic rings. The summed E-state index contributed by atoms with van der Waals surface area (Å²) in [6, 6.07) is 14.7. The number of furan rings is 2. The molecule has 1 aliphatic heterocycles. The van der Waals surface area contributed by atoms with Gasteiger partial charge in [0.1, 0.15) is 17.2 Å². The van der Waals surface area contributed by atoms with Crippen molar-refractivity contribution in [1.29, 1.82) is 0 Å². The predicted molar refractivity (Wildman–Crippen MR) is 162 cm³/mol. The zero-order chi connectivity index (χ0) is 31.2. The fourth-order valence-corrected chi connectivity index (χ4v) is 6.34. The van der Waals surface area contributed by atoms with Crippen LogP contribution in [0.15, 0.2) is 69.5 Å². The number of hydrogen-bond acceptors (Lipinski definition) is 6. The Kier molecular flexibility index (Phi) is 7.62. The number of likely N-dealkylation sites (tertiary alicyclic amines) is 1. The van der Waals surface area contributed by atoms with E-state index in [9.17, 15) is 26.8 Å². The Morgan fingerprint density at radius 1 is 1.05 bits per heavy atom. The number of rotatable bonds is 7. The summed E-state index contributed by atoms with van der Waals surface area (Å²) in [7, 11) is -2.24. The highest BCUT2D eigenvalue weighted by Crippen LogP contribution is 2.41. The molecule has 44 heavy (non-hydrogen) atoms. The molecule has 2 amide bonds. The first-order valence-corrected chi connectivity index (χ1v) is 15.8. The highest BCUT2D eigenvalue weighted by atomic mass is 32.2. The number of carbonyl (C=O) groups is 2. The number of nitrogens with one attached hydrogen (secondary N) is 2. The Morgan fingerprint density at radius 3 is 2.52 bits per heavy atom. The number of halogens is 2. The van der Waals surface area contributed by atoms with Crippen molar-refractivity contribution in [3.05, 3.63) is 89.2 Å². The van der Waals surface area contributed by atoms with Crippen molar-refractivity contribution in [2.24, 2.45) is 0 Å². The molecule has 0 saturated carbocycles. The Balaban J connectivity index is 1.44. The molecule has 0 spiro atoms. The van der Waals surface area contributed by atoms with E-state index >= 15 is 0 Å². The molecule has 0 unspecified atom stereocenters. The molecule has 12 heteroatoms. The Bertz CT molecular complexity index is 2020. The Labute approximate surface area is 251 Å². The van der Waals surface area contributed by atoms with Crippen molar-refractivity contribution >= 4 is 49.5 Å². The summed E-state index contributed by atoms with van der Waals surface area (Å²) in [5, 5.41) is 3.54. The molecule has 0 aliphatic carbocycles. The van der Waals surface area contributed by atoms with E-state index < -0.39 is 33.5 Å². The van der Waals surface area contributed by atoms with Gasteiger partial charge in [0.2, 0.25) is 10.0 Å². The van der Waals surface area contributed by atoms with Crippen LogP contribution in [0.1, 0.15) is 52.2 Å². The number of anilines is 1. The summed E-state index contributed by atoms with van der Waals surface area (Å²) in [4.78, 5) is 28.2. The first-order chi connectivity index (χ1) is 21.1. The largest absolute Gasteiger partial charge is 0.455 e. The fraction of sp³-hybridized carbons (Fsp3) is 0.250. The third-order valence-electron chi connectivity index (χ3n) is 7.92. The summed E-state index contributed by atoms with van der Waals surface area (Å²) in [5.74, 6) is -2.14. The monoisotopic (exact) mass is 621 g/mol. The normalized spacial score (nSPS) is 15.5. The third kappa shape index (κ3) is 5.41. The predicted octanol–water partition coefficient (Wildman–Crippen LogP) is 6.27. The molecule has 0 radical (unpaired) electrons. The third-order valence-corrected chi connectivity index (χ3v) is 9.21. The number of carbonyl (C=O) groups excluding carboxylic acids is 2. The van der Waals surface area contributed by atoms with Gasteiger partial charge < -0.3 is 19.1 Å². The molecular formula is C32H29F2N3O6S. The summed E-state index contributed by atoms with van der Waals surface area (Å²) in [6.07, 6.45) is 1.24. The van der Waals surface area contributed by atoms with Crippen molar-refractivity contribution in [1.82, 2.24) is 10.2 Å². The highest BCUT2D eigenvalue weighted by molar-refractivity contribution is 7.92. The number of amides is 2. The quantitative estimate of drug-likeness (QED) is 0.221. The molecule has 3 aromatic carbocycles. The number of nitrogens with zero attached hydrogens (tertiary/aromatic N) is 1. The van der Waals surface area contributed by atoms with Crippen LogP contribution in [0, 0.1) is 11.6 Å². The lowest BCUT2D eigenvalue weighted by Gasteiger charge is -2.33. The van der Waals surface area contributed by atoms with Gasteiger partial charge in [0, 0.05) is 48.5 Å². The molecule has 3 heterocycles. The molecule has 1 saturated heterocycles. The average Bonchev–Trinajstić information content (AvgIpc) is 3.63. The molecule has 1 fully saturated rings. The summed E-state index contributed by atoms with van der Waals surface area (Å²) < 4.78 is 67.7. The second-order valence-corrected chi connectivity index (χ2v) is 12.7. The average molecular weight is 622 g/mol. The SMILES string of the molecule is CCS(=O)(=O)Nc1cc2oc(-c3ccc(F)cc3)c(C(=O)NC)c2cc1[C@H]1CCCN(C(=O)c2cc3cccc(F)c3o2)C1. The van der Waals surface area contributed by atoms with Gasteiger partial charge in [-0.05, 0) is 67.8 Å². The number of piperidine rings is 1. The van der Waals surface area contributed by atoms with E-state index in [-0.39, 0.29) is 52.2 Å². The molecule has 5 aromatic rings. The Morgan fingerprint density at radius 2 is 1.82 bits per heavy atom. The van der Waals surface area contributed by atoms with Crippen LogP contribution in [0.25, 0.3) is 33.3 Å². The molecule has 0 bridgehead atoms. The lowest BCUT2D eigenvalue weighted by atomic mass is 9.88. The number of hydrogen-bond donors (Lipinski definition) is 2. The minimum absolute atomic E-state index is 0.00441. The maximum atomic E-state index is 14.2. The highest BCUT2D eigenvalue weighted by Gasteiger charge is 2.31. The van der Waals surface area contributed by atoms with Gasteiger partial charge in [-0.1, -0.05) is 12.1 Å². The summed E-state index contributed by atoms with van der Waals surface area (Å²) in [5.41, 5.74) is 1.80. The molecule has 2 aromatic heterocycles. The molecule has 1 atom stereocenters.